The van der Waals surface area contributed by atoms with E-state index in [0.29, 0.717) is 42.0 Å². The summed E-state index contributed by atoms with van der Waals surface area (Å²) in [6, 6.07) is 9.12. The molecule has 2 aromatic heterocycles. The molecule has 3 aromatic rings. The van der Waals surface area contributed by atoms with Crippen molar-refractivity contribution in [2.24, 2.45) is 0 Å². The van der Waals surface area contributed by atoms with Crippen LogP contribution in [0.1, 0.15) is 32.2 Å². The maximum absolute atomic E-state index is 12.0. The molecule has 0 saturated carbocycles. The Labute approximate surface area is 223 Å². The highest BCUT2D eigenvalue weighted by molar-refractivity contribution is 5.77. The third-order valence-corrected chi connectivity index (χ3v) is 6.53. The van der Waals surface area contributed by atoms with Gasteiger partial charge in [0, 0.05) is 56.1 Å². The summed E-state index contributed by atoms with van der Waals surface area (Å²) in [5.74, 6) is 1.52. The van der Waals surface area contributed by atoms with E-state index in [2.05, 4.69) is 35.1 Å². The largest absolute Gasteiger partial charge is 0.492 e. The lowest BCUT2D eigenvalue weighted by atomic mass is 9.91. The fourth-order valence-corrected chi connectivity index (χ4v) is 4.56. The number of aryl methyl sites for hydroxylation is 1. The minimum absolute atomic E-state index is 0.0231. The van der Waals surface area contributed by atoms with E-state index in [-0.39, 0.29) is 16.0 Å². The van der Waals surface area contributed by atoms with Gasteiger partial charge in [0.15, 0.2) is 0 Å². The molecule has 11 nitrogen and oxygen atoms in total. The number of anilines is 5. The van der Waals surface area contributed by atoms with Crippen molar-refractivity contribution in [3.63, 3.8) is 0 Å². The lowest BCUT2D eigenvalue weighted by Gasteiger charge is -2.23. The molecule has 0 saturated heterocycles. The number of nitro benzene ring substituents is 1. The second-order valence-corrected chi connectivity index (χ2v) is 10.4. The van der Waals surface area contributed by atoms with Gasteiger partial charge in [0.1, 0.15) is 17.3 Å². The highest BCUT2D eigenvalue weighted by atomic mass is 16.6. The van der Waals surface area contributed by atoms with Gasteiger partial charge in [-0.2, -0.15) is 4.98 Å². The van der Waals surface area contributed by atoms with E-state index in [1.54, 1.807) is 12.3 Å². The van der Waals surface area contributed by atoms with E-state index in [1.165, 1.54) is 6.07 Å². The van der Waals surface area contributed by atoms with Gasteiger partial charge in [-0.3, -0.25) is 15.1 Å². The average molecular weight is 521 g/mol. The molecule has 11 heteroatoms. The van der Waals surface area contributed by atoms with Gasteiger partial charge in [0.25, 0.3) is 5.69 Å². The highest BCUT2D eigenvalue weighted by Gasteiger charge is 2.38. The predicted molar refractivity (Wildman–Crippen MR) is 150 cm³/mol. The van der Waals surface area contributed by atoms with Gasteiger partial charge in [-0.05, 0) is 46.1 Å². The minimum atomic E-state index is -0.377. The fraction of sp³-hybridized carbons (Fsp3) is 0.444. The van der Waals surface area contributed by atoms with Crippen molar-refractivity contribution in [1.29, 1.82) is 0 Å². The van der Waals surface area contributed by atoms with Crippen LogP contribution in [0.3, 0.4) is 0 Å². The van der Waals surface area contributed by atoms with Crippen molar-refractivity contribution in [2.45, 2.75) is 33.1 Å². The molecule has 0 aliphatic carbocycles. The maximum Gasteiger partial charge on any atom is 0.294 e. The Kier molecular flexibility index (Phi) is 7.68. The molecule has 1 aliphatic heterocycles. The molecule has 202 valence electrons. The van der Waals surface area contributed by atoms with Crippen LogP contribution < -0.4 is 19.9 Å². The Morgan fingerprint density at radius 2 is 1.92 bits per heavy atom. The van der Waals surface area contributed by atoms with Crippen LogP contribution in [0.25, 0.3) is 0 Å². The SMILES string of the molecule is CCOc1cc(N(C)CCN(C)C)c([N+](=O)[O-])cc1Nc1nccc(N2CC(C)(C)c3nc(C)ccc32)n1. The smallest absolute Gasteiger partial charge is 0.294 e. The van der Waals surface area contributed by atoms with E-state index in [1.807, 2.05) is 56.9 Å². The highest BCUT2D eigenvalue weighted by Crippen LogP contribution is 2.43. The van der Waals surface area contributed by atoms with Gasteiger partial charge >= 0.3 is 0 Å². The third-order valence-electron chi connectivity index (χ3n) is 6.53. The first-order chi connectivity index (χ1) is 18.0. The van der Waals surface area contributed by atoms with Gasteiger partial charge in [-0.25, -0.2) is 4.98 Å². The van der Waals surface area contributed by atoms with Crippen molar-refractivity contribution in [3.8, 4) is 5.75 Å². The molecule has 0 radical (unpaired) electrons. The molecule has 1 N–H and O–H groups in total. The topological polar surface area (TPSA) is 113 Å². The average Bonchev–Trinajstić information content (AvgIpc) is 3.13. The number of nitrogens with zero attached hydrogens (tertiary/aromatic N) is 7. The number of likely N-dealkylation sites (N-methyl/N-ethyl adjacent to an activating group) is 2. The monoisotopic (exact) mass is 520 g/mol. The third kappa shape index (κ3) is 5.62. The molecule has 1 aliphatic rings. The molecule has 0 spiro atoms. The summed E-state index contributed by atoms with van der Waals surface area (Å²) in [7, 11) is 5.77. The Morgan fingerprint density at radius 1 is 1.16 bits per heavy atom. The van der Waals surface area contributed by atoms with E-state index < -0.39 is 0 Å². The van der Waals surface area contributed by atoms with Crippen molar-refractivity contribution in [3.05, 3.63) is 58.0 Å². The summed E-state index contributed by atoms with van der Waals surface area (Å²) in [6.45, 7) is 10.7. The summed E-state index contributed by atoms with van der Waals surface area (Å²) in [5, 5.41) is 15.2. The van der Waals surface area contributed by atoms with Crippen LogP contribution in [-0.4, -0.2) is 72.2 Å². The first kappa shape index (κ1) is 27.1. The number of rotatable bonds is 10. The Balaban J connectivity index is 1.68. The number of aromatic nitrogens is 3. The Bertz CT molecular complexity index is 1330. The molecule has 0 unspecified atom stereocenters. The summed E-state index contributed by atoms with van der Waals surface area (Å²) >= 11 is 0. The van der Waals surface area contributed by atoms with Crippen LogP contribution >= 0.6 is 0 Å². The number of nitro groups is 1. The van der Waals surface area contributed by atoms with E-state index in [9.17, 15) is 10.1 Å². The second-order valence-electron chi connectivity index (χ2n) is 10.4. The van der Waals surface area contributed by atoms with Crippen LogP contribution in [0.15, 0.2) is 36.5 Å². The maximum atomic E-state index is 12.0. The molecular weight excluding hydrogens is 484 g/mol. The van der Waals surface area contributed by atoms with Gasteiger partial charge in [0.2, 0.25) is 5.95 Å². The van der Waals surface area contributed by atoms with E-state index in [0.717, 1.165) is 30.2 Å². The van der Waals surface area contributed by atoms with Gasteiger partial charge in [-0.15, -0.1) is 0 Å². The fourth-order valence-electron chi connectivity index (χ4n) is 4.56. The van der Waals surface area contributed by atoms with Crippen LogP contribution in [0, 0.1) is 17.0 Å². The zero-order valence-electron chi connectivity index (χ0n) is 23.1. The number of ether oxygens (including phenoxy) is 1. The van der Waals surface area contributed by atoms with E-state index in [4.69, 9.17) is 14.7 Å². The van der Waals surface area contributed by atoms with Crippen molar-refractivity contribution in [1.82, 2.24) is 19.9 Å². The van der Waals surface area contributed by atoms with Crippen LogP contribution in [-0.2, 0) is 5.41 Å². The minimum Gasteiger partial charge on any atom is -0.492 e. The van der Waals surface area contributed by atoms with Gasteiger partial charge in [-0.1, -0.05) is 13.8 Å². The molecule has 4 rings (SSSR count). The Hall–Kier alpha value is -3.99. The second kappa shape index (κ2) is 10.8. The molecule has 0 amide bonds. The zero-order valence-corrected chi connectivity index (χ0v) is 23.1. The first-order valence-electron chi connectivity index (χ1n) is 12.7. The van der Waals surface area contributed by atoms with Gasteiger partial charge < -0.3 is 24.8 Å². The van der Waals surface area contributed by atoms with Crippen molar-refractivity contribution < 1.29 is 9.66 Å². The lowest BCUT2D eigenvalue weighted by Crippen LogP contribution is -2.29. The summed E-state index contributed by atoms with van der Waals surface area (Å²) in [5.41, 5.74) is 3.78. The molecule has 0 bridgehead atoms. The molecular formula is C27H36N8O3. The molecule has 1 aromatic carbocycles. The number of nitrogens with one attached hydrogen (secondary N) is 1. The molecule has 38 heavy (non-hydrogen) atoms. The van der Waals surface area contributed by atoms with E-state index >= 15 is 0 Å². The molecule has 0 atom stereocenters. The van der Waals surface area contributed by atoms with Gasteiger partial charge in [0.05, 0.1) is 28.6 Å². The van der Waals surface area contributed by atoms with Crippen molar-refractivity contribution in [2.75, 3.05) is 62.5 Å². The van der Waals surface area contributed by atoms with Crippen LogP contribution in [0.2, 0.25) is 0 Å². The summed E-state index contributed by atoms with van der Waals surface area (Å²) < 4.78 is 5.88. The number of hydrogen-bond acceptors (Lipinski definition) is 10. The van der Waals surface area contributed by atoms with Crippen molar-refractivity contribution >= 4 is 34.5 Å². The van der Waals surface area contributed by atoms with Crippen LogP contribution in [0.4, 0.5) is 34.5 Å². The van der Waals surface area contributed by atoms with Crippen LogP contribution in [0.5, 0.6) is 5.75 Å². The zero-order chi connectivity index (χ0) is 27.6. The quantitative estimate of drug-likeness (QED) is 0.299. The number of benzene rings is 1. The summed E-state index contributed by atoms with van der Waals surface area (Å²) in [6.07, 6.45) is 1.68. The number of pyridine rings is 1. The molecule has 0 fully saturated rings. The molecule has 3 heterocycles. The lowest BCUT2D eigenvalue weighted by molar-refractivity contribution is -0.384. The Morgan fingerprint density at radius 3 is 2.61 bits per heavy atom. The first-order valence-corrected chi connectivity index (χ1v) is 12.7. The predicted octanol–water partition coefficient (Wildman–Crippen LogP) is 4.66. The number of fused-ring (bicyclic) bond motifs is 1. The summed E-state index contributed by atoms with van der Waals surface area (Å²) in [4.78, 5) is 31.6. The standard InChI is InChI=1S/C27H36N8O3/c1-8-38-23-16-21(33(7)14-13-32(5)6)22(35(36)37)15-19(23)30-26-28-12-11-24(31-26)34-17-27(3,4)25-20(34)10-9-18(2)29-25/h9-12,15-16H,8,13-14,17H2,1-7H3,(H,28,30,31). The number of hydrogen-bond donors (Lipinski definition) is 1. The normalized spacial score (nSPS) is 13.9.